The molecule has 5 nitrogen and oxygen atoms in total. The third kappa shape index (κ3) is 2.79. The van der Waals surface area contributed by atoms with Gasteiger partial charge in [0, 0.05) is 16.8 Å². The number of H-pyrrole nitrogens is 1. The summed E-state index contributed by atoms with van der Waals surface area (Å²) >= 11 is 0. The standard InChI is InChI=1S/C24H19N3O2/c1-15-7-9-16(10-8-15)21-20-22(26-25-21)24(29)27(18-11-13-19(28)14-12-18)23(20)17-5-3-2-4-6-17/h2-14,23,28H,1H3,(H,25,26). The van der Waals surface area contributed by atoms with Gasteiger partial charge in [0.1, 0.15) is 11.4 Å². The maximum atomic E-state index is 13.4. The van der Waals surface area contributed by atoms with E-state index >= 15 is 0 Å². The minimum absolute atomic E-state index is 0.134. The highest BCUT2D eigenvalue weighted by atomic mass is 16.3. The van der Waals surface area contributed by atoms with Gasteiger partial charge in [0.05, 0.1) is 11.7 Å². The molecule has 1 atom stereocenters. The number of nitrogens with zero attached hydrogens (tertiary/aromatic N) is 2. The number of anilines is 1. The predicted octanol–water partition coefficient (Wildman–Crippen LogP) is 4.84. The molecule has 5 rings (SSSR count). The zero-order valence-electron chi connectivity index (χ0n) is 15.8. The molecule has 2 N–H and O–H groups in total. The average molecular weight is 381 g/mol. The zero-order valence-corrected chi connectivity index (χ0v) is 15.8. The molecule has 0 radical (unpaired) electrons. The fourth-order valence-electron chi connectivity index (χ4n) is 3.91. The van der Waals surface area contributed by atoms with Crippen molar-refractivity contribution in [3.8, 4) is 17.0 Å². The van der Waals surface area contributed by atoms with Crippen LogP contribution in [-0.4, -0.2) is 21.2 Å². The van der Waals surface area contributed by atoms with Crippen LogP contribution < -0.4 is 4.90 Å². The largest absolute Gasteiger partial charge is 0.508 e. The summed E-state index contributed by atoms with van der Waals surface area (Å²) in [6.07, 6.45) is 0. The Bertz CT molecular complexity index is 1180. The highest BCUT2D eigenvalue weighted by molar-refractivity contribution is 6.11. The van der Waals surface area contributed by atoms with Crippen molar-refractivity contribution in [3.63, 3.8) is 0 Å². The van der Waals surface area contributed by atoms with E-state index in [1.165, 1.54) is 5.56 Å². The Balaban J connectivity index is 1.71. The van der Waals surface area contributed by atoms with Gasteiger partial charge in [-0.1, -0.05) is 60.2 Å². The van der Waals surface area contributed by atoms with Crippen molar-refractivity contribution >= 4 is 11.6 Å². The van der Waals surface area contributed by atoms with Gasteiger partial charge in [-0.3, -0.25) is 14.8 Å². The summed E-state index contributed by atoms with van der Waals surface area (Å²) in [6, 6.07) is 24.5. The number of hydrogen-bond acceptors (Lipinski definition) is 3. The number of aromatic amines is 1. The smallest absolute Gasteiger partial charge is 0.277 e. The number of phenols is 1. The molecule has 4 aromatic rings. The van der Waals surface area contributed by atoms with Gasteiger partial charge in [0.15, 0.2) is 0 Å². The summed E-state index contributed by atoms with van der Waals surface area (Å²) < 4.78 is 0. The third-order valence-electron chi connectivity index (χ3n) is 5.34. The van der Waals surface area contributed by atoms with Crippen LogP contribution in [0, 0.1) is 6.92 Å². The van der Waals surface area contributed by atoms with Crippen LogP contribution in [0.1, 0.15) is 33.2 Å². The fourth-order valence-corrected chi connectivity index (χ4v) is 3.91. The van der Waals surface area contributed by atoms with Crippen LogP contribution in [0.5, 0.6) is 5.75 Å². The molecule has 1 unspecified atom stereocenters. The predicted molar refractivity (Wildman–Crippen MR) is 112 cm³/mol. The van der Waals surface area contributed by atoms with E-state index in [9.17, 15) is 9.90 Å². The first-order valence-corrected chi connectivity index (χ1v) is 9.46. The van der Waals surface area contributed by atoms with Crippen LogP contribution in [0.15, 0.2) is 78.9 Å². The Kier molecular flexibility index (Phi) is 3.95. The van der Waals surface area contributed by atoms with Gasteiger partial charge >= 0.3 is 0 Å². The highest BCUT2D eigenvalue weighted by Gasteiger charge is 2.42. The lowest BCUT2D eigenvalue weighted by atomic mass is 9.95. The van der Waals surface area contributed by atoms with Crippen molar-refractivity contribution < 1.29 is 9.90 Å². The summed E-state index contributed by atoms with van der Waals surface area (Å²) in [4.78, 5) is 15.1. The highest BCUT2D eigenvalue weighted by Crippen LogP contribution is 2.45. The third-order valence-corrected chi connectivity index (χ3v) is 5.34. The van der Waals surface area contributed by atoms with Gasteiger partial charge in [0.2, 0.25) is 0 Å². The molecule has 1 aromatic heterocycles. The lowest BCUT2D eigenvalue weighted by Crippen LogP contribution is -2.29. The first kappa shape index (κ1) is 17.3. The van der Waals surface area contributed by atoms with Crippen molar-refractivity contribution in [1.82, 2.24) is 10.2 Å². The van der Waals surface area contributed by atoms with Gasteiger partial charge in [-0.15, -0.1) is 0 Å². The molecule has 3 aromatic carbocycles. The van der Waals surface area contributed by atoms with Crippen LogP contribution in [0.3, 0.4) is 0 Å². The molecule has 0 saturated carbocycles. The molecule has 29 heavy (non-hydrogen) atoms. The van der Waals surface area contributed by atoms with Crippen molar-refractivity contribution in [3.05, 3.63) is 101 Å². The molecule has 1 amide bonds. The zero-order chi connectivity index (χ0) is 20.0. The Labute approximate surface area is 168 Å². The molecule has 0 saturated heterocycles. The summed E-state index contributed by atoms with van der Waals surface area (Å²) in [5.74, 6) is 0.0302. The summed E-state index contributed by atoms with van der Waals surface area (Å²) in [7, 11) is 0. The number of fused-ring (bicyclic) bond motifs is 1. The van der Waals surface area contributed by atoms with Crippen LogP contribution in [0.25, 0.3) is 11.3 Å². The van der Waals surface area contributed by atoms with E-state index < -0.39 is 0 Å². The van der Waals surface area contributed by atoms with E-state index in [4.69, 9.17) is 0 Å². The van der Waals surface area contributed by atoms with E-state index in [1.54, 1.807) is 29.2 Å². The lowest BCUT2D eigenvalue weighted by Gasteiger charge is -2.26. The molecule has 1 aliphatic heterocycles. The second-order valence-corrected chi connectivity index (χ2v) is 7.23. The number of carbonyl (C=O) groups is 1. The maximum absolute atomic E-state index is 13.4. The van der Waals surface area contributed by atoms with Crippen LogP contribution >= 0.6 is 0 Å². The maximum Gasteiger partial charge on any atom is 0.277 e. The average Bonchev–Trinajstić information content (AvgIpc) is 3.29. The minimum atomic E-state index is -0.307. The van der Waals surface area contributed by atoms with Gasteiger partial charge in [-0.25, -0.2) is 0 Å². The van der Waals surface area contributed by atoms with E-state index in [-0.39, 0.29) is 17.7 Å². The van der Waals surface area contributed by atoms with Gasteiger partial charge in [0.25, 0.3) is 5.91 Å². The minimum Gasteiger partial charge on any atom is -0.508 e. The molecular formula is C24H19N3O2. The van der Waals surface area contributed by atoms with E-state index in [0.717, 1.165) is 28.1 Å². The topological polar surface area (TPSA) is 69.2 Å². The first-order chi connectivity index (χ1) is 14.1. The first-order valence-electron chi connectivity index (χ1n) is 9.46. The van der Waals surface area contributed by atoms with Gasteiger partial charge in [-0.05, 0) is 36.8 Å². The Morgan fingerprint density at radius 1 is 0.931 bits per heavy atom. The van der Waals surface area contributed by atoms with Crippen molar-refractivity contribution in [2.75, 3.05) is 4.90 Å². The molecule has 0 aliphatic carbocycles. The number of hydrogen-bond donors (Lipinski definition) is 2. The van der Waals surface area contributed by atoms with Crippen LogP contribution in [0.4, 0.5) is 5.69 Å². The van der Waals surface area contributed by atoms with E-state index in [2.05, 4.69) is 10.2 Å². The van der Waals surface area contributed by atoms with Gasteiger partial charge in [-0.2, -0.15) is 5.10 Å². The van der Waals surface area contributed by atoms with Crippen molar-refractivity contribution in [1.29, 1.82) is 0 Å². The molecule has 5 heteroatoms. The van der Waals surface area contributed by atoms with E-state index in [0.29, 0.717) is 5.69 Å². The van der Waals surface area contributed by atoms with E-state index in [1.807, 2.05) is 61.5 Å². The van der Waals surface area contributed by atoms with Crippen molar-refractivity contribution in [2.24, 2.45) is 0 Å². The van der Waals surface area contributed by atoms with Crippen LogP contribution in [0.2, 0.25) is 0 Å². The normalized spacial score (nSPS) is 15.6. The molecule has 0 fully saturated rings. The SMILES string of the molecule is Cc1ccc(-c2n[nH]c3c2C(c2ccccc2)N(c2ccc(O)cc2)C3=O)cc1. The molecule has 0 spiro atoms. The number of aryl methyl sites for hydroxylation is 1. The number of carbonyl (C=O) groups excluding carboxylic acids is 1. The molecular weight excluding hydrogens is 362 g/mol. The number of amides is 1. The monoisotopic (exact) mass is 381 g/mol. The lowest BCUT2D eigenvalue weighted by molar-refractivity contribution is 0.0988. The number of phenolic OH excluding ortho intramolecular Hbond substituents is 1. The molecule has 1 aliphatic rings. The number of aromatic hydroxyl groups is 1. The molecule has 0 bridgehead atoms. The number of rotatable bonds is 3. The summed E-state index contributed by atoms with van der Waals surface area (Å²) in [5.41, 5.74) is 6.02. The quantitative estimate of drug-likeness (QED) is 0.533. The van der Waals surface area contributed by atoms with Gasteiger partial charge < -0.3 is 5.11 Å². The second-order valence-electron chi connectivity index (χ2n) is 7.23. The van der Waals surface area contributed by atoms with Crippen LogP contribution in [-0.2, 0) is 0 Å². The Morgan fingerprint density at radius 2 is 1.62 bits per heavy atom. The molecule has 2 heterocycles. The second kappa shape index (κ2) is 6.63. The Hall–Kier alpha value is -3.86. The Morgan fingerprint density at radius 3 is 2.31 bits per heavy atom. The van der Waals surface area contributed by atoms with Crippen molar-refractivity contribution in [2.45, 2.75) is 13.0 Å². The molecule has 142 valence electrons. The summed E-state index contributed by atoms with van der Waals surface area (Å²) in [5, 5.41) is 17.1. The number of nitrogens with one attached hydrogen (secondary N) is 1. The number of benzene rings is 3. The number of aromatic nitrogens is 2. The fraction of sp³-hybridized carbons (Fsp3) is 0.0833. The summed E-state index contributed by atoms with van der Waals surface area (Å²) in [6.45, 7) is 2.04.